The zero-order chi connectivity index (χ0) is 24.4. The number of nitrogens with one attached hydrogen (secondary N) is 1. The van der Waals surface area contributed by atoms with E-state index in [1.807, 2.05) is 12.4 Å². The maximum absolute atomic E-state index is 5.94. The van der Waals surface area contributed by atoms with Gasteiger partial charge in [-0.2, -0.15) is 10.1 Å². The number of hydrogen-bond acceptors (Lipinski definition) is 8. The molecule has 0 radical (unpaired) electrons. The molecule has 0 aromatic carbocycles. The molecule has 3 N–H and O–H groups in total. The number of aromatic amines is 1. The van der Waals surface area contributed by atoms with Crippen molar-refractivity contribution >= 4 is 36.8 Å². The van der Waals surface area contributed by atoms with Gasteiger partial charge in [0, 0.05) is 43.3 Å². The molecule has 1 saturated carbocycles. The molecule has 10 nitrogen and oxygen atoms in total. The van der Waals surface area contributed by atoms with Gasteiger partial charge >= 0.3 is 0 Å². The van der Waals surface area contributed by atoms with E-state index in [1.54, 1.807) is 18.1 Å². The summed E-state index contributed by atoms with van der Waals surface area (Å²) in [4.78, 5) is 13.3. The molecule has 186 valence electrons. The van der Waals surface area contributed by atoms with Gasteiger partial charge in [-0.25, -0.2) is 9.97 Å². The SMILES string of the molecule is C[Si](C)(C)CCOCn1ccc2c(-c3cnn([C@H]4CC[C@@H](Sc5nc(N)n[nH]5)CC4)c3)ncnc21. The molecular formula is C23H33N9OSSi. The molecule has 35 heavy (non-hydrogen) atoms. The second-order valence-corrected chi connectivity index (χ2v) is 17.3. The normalized spacial score (nSPS) is 18.9. The Labute approximate surface area is 210 Å². The first-order chi connectivity index (χ1) is 16.9. The highest BCUT2D eigenvalue weighted by molar-refractivity contribution is 7.99. The van der Waals surface area contributed by atoms with Crippen molar-refractivity contribution in [2.75, 3.05) is 12.3 Å². The lowest BCUT2D eigenvalue weighted by Crippen LogP contribution is -2.22. The summed E-state index contributed by atoms with van der Waals surface area (Å²) in [5.74, 6) is 0.300. The third-order valence-corrected chi connectivity index (χ3v) is 9.35. The van der Waals surface area contributed by atoms with Gasteiger partial charge in [0.15, 0.2) is 5.16 Å². The van der Waals surface area contributed by atoms with E-state index in [0.29, 0.717) is 24.0 Å². The molecule has 1 aliphatic carbocycles. The third-order valence-electron chi connectivity index (χ3n) is 6.44. The van der Waals surface area contributed by atoms with E-state index in [0.717, 1.165) is 65.8 Å². The van der Waals surface area contributed by atoms with Crippen LogP contribution in [0.4, 0.5) is 5.95 Å². The van der Waals surface area contributed by atoms with Gasteiger partial charge in [-0.1, -0.05) is 31.4 Å². The van der Waals surface area contributed by atoms with E-state index >= 15 is 0 Å². The minimum Gasteiger partial charge on any atom is -0.366 e. The number of ether oxygens (including phenoxy) is 1. The molecule has 0 unspecified atom stereocenters. The Bertz CT molecular complexity index is 1270. The van der Waals surface area contributed by atoms with Crippen LogP contribution in [0.5, 0.6) is 0 Å². The van der Waals surface area contributed by atoms with E-state index in [-0.39, 0.29) is 0 Å². The lowest BCUT2D eigenvalue weighted by molar-refractivity contribution is 0.0899. The lowest BCUT2D eigenvalue weighted by Gasteiger charge is -2.27. The van der Waals surface area contributed by atoms with Crippen LogP contribution in [0.15, 0.2) is 36.1 Å². The predicted octanol–water partition coefficient (Wildman–Crippen LogP) is 4.58. The summed E-state index contributed by atoms with van der Waals surface area (Å²) in [5.41, 5.74) is 8.43. The number of rotatable bonds is 9. The summed E-state index contributed by atoms with van der Waals surface area (Å²) < 4.78 is 10.1. The first kappa shape index (κ1) is 24.0. The highest BCUT2D eigenvalue weighted by Gasteiger charge is 2.25. The van der Waals surface area contributed by atoms with Gasteiger partial charge in [0.2, 0.25) is 5.95 Å². The quantitative estimate of drug-likeness (QED) is 0.247. The minimum atomic E-state index is -1.10. The zero-order valence-corrected chi connectivity index (χ0v) is 22.3. The maximum Gasteiger partial charge on any atom is 0.240 e. The van der Waals surface area contributed by atoms with Crippen molar-refractivity contribution in [2.45, 2.75) is 74.5 Å². The maximum atomic E-state index is 5.94. The lowest BCUT2D eigenvalue weighted by atomic mass is 9.95. The van der Waals surface area contributed by atoms with Crippen LogP contribution in [-0.2, 0) is 11.5 Å². The number of nitrogens with two attached hydrogens (primary N) is 1. The summed E-state index contributed by atoms with van der Waals surface area (Å²) in [5, 5.41) is 13.8. The summed E-state index contributed by atoms with van der Waals surface area (Å²) in [7, 11) is -1.10. The van der Waals surface area contributed by atoms with Crippen LogP contribution in [0.1, 0.15) is 31.7 Å². The molecule has 4 heterocycles. The zero-order valence-electron chi connectivity index (χ0n) is 20.5. The first-order valence-corrected chi connectivity index (χ1v) is 16.7. The summed E-state index contributed by atoms with van der Waals surface area (Å²) in [6.07, 6.45) is 12.1. The number of anilines is 1. The Morgan fingerprint density at radius 3 is 2.77 bits per heavy atom. The third kappa shape index (κ3) is 5.76. The molecule has 12 heteroatoms. The minimum absolute atomic E-state index is 0.300. The molecule has 4 aromatic rings. The van der Waals surface area contributed by atoms with E-state index < -0.39 is 8.07 Å². The number of nitrogens with zero attached hydrogens (tertiary/aromatic N) is 7. The van der Waals surface area contributed by atoms with Gasteiger partial charge in [-0.3, -0.25) is 9.78 Å². The highest BCUT2D eigenvalue weighted by atomic mass is 32.2. The van der Waals surface area contributed by atoms with Crippen molar-refractivity contribution in [1.82, 2.24) is 39.5 Å². The van der Waals surface area contributed by atoms with Crippen molar-refractivity contribution < 1.29 is 4.74 Å². The second-order valence-electron chi connectivity index (χ2n) is 10.3. The van der Waals surface area contributed by atoms with Crippen LogP contribution in [0.25, 0.3) is 22.3 Å². The smallest absolute Gasteiger partial charge is 0.240 e. The van der Waals surface area contributed by atoms with Crippen LogP contribution < -0.4 is 5.73 Å². The van der Waals surface area contributed by atoms with Gasteiger partial charge in [0.1, 0.15) is 18.7 Å². The number of hydrogen-bond donors (Lipinski definition) is 2. The van der Waals surface area contributed by atoms with Crippen LogP contribution in [0.2, 0.25) is 25.7 Å². The molecule has 0 amide bonds. The van der Waals surface area contributed by atoms with Crippen molar-refractivity contribution in [3.63, 3.8) is 0 Å². The number of nitrogen functional groups attached to an aromatic ring is 1. The first-order valence-electron chi connectivity index (χ1n) is 12.1. The van der Waals surface area contributed by atoms with Crippen molar-refractivity contribution in [1.29, 1.82) is 0 Å². The van der Waals surface area contributed by atoms with E-state index in [4.69, 9.17) is 15.6 Å². The molecule has 0 spiro atoms. The highest BCUT2D eigenvalue weighted by Crippen LogP contribution is 2.37. The molecule has 4 aromatic heterocycles. The molecular weight excluding hydrogens is 478 g/mol. The van der Waals surface area contributed by atoms with Crippen LogP contribution >= 0.6 is 11.8 Å². The number of aromatic nitrogens is 8. The van der Waals surface area contributed by atoms with Gasteiger partial charge in [0.25, 0.3) is 0 Å². The monoisotopic (exact) mass is 511 g/mol. The standard InChI is InChI=1S/C23H33N9OSSi/c1-35(2,3)11-10-33-15-31-9-8-19-20(25-14-26-21(19)31)16-12-27-32(13-16)17-4-6-18(7-5-17)34-23-28-22(24)29-30-23/h8-9,12-14,17-18H,4-7,10-11,15H2,1-3H3,(H3,24,28,29,30)/t17-,18+. The van der Waals surface area contributed by atoms with Gasteiger partial charge in [-0.15, -0.1) is 5.10 Å². The summed E-state index contributed by atoms with van der Waals surface area (Å²) in [6.45, 7) is 8.38. The van der Waals surface area contributed by atoms with Crippen molar-refractivity contribution in [2.24, 2.45) is 0 Å². The van der Waals surface area contributed by atoms with E-state index in [2.05, 4.69) is 66.3 Å². The van der Waals surface area contributed by atoms with E-state index in [9.17, 15) is 0 Å². The average molecular weight is 512 g/mol. The molecule has 1 fully saturated rings. The molecule has 0 saturated heterocycles. The Hall–Kier alpha value is -2.70. The Morgan fingerprint density at radius 1 is 1.20 bits per heavy atom. The largest absolute Gasteiger partial charge is 0.366 e. The number of fused-ring (bicyclic) bond motifs is 1. The molecule has 1 aliphatic rings. The van der Waals surface area contributed by atoms with Crippen molar-refractivity contribution in [3.8, 4) is 11.3 Å². The van der Waals surface area contributed by atoms with E-state index in [1.165, 1.54) is 0 Å². The Kier molecular flexibility index (Phi) is 6.94. The molecule has 0 bridgehead atoms. The topological polar surface area (TPSA) is 125 Å². The van der Waals surface area contributed by atoms with Crippen LogP contribution in [0, 0.1) is 0 Å². The van der Waals surface area contributed by atoms with Crippen LogP contribution in [-0.4, -0.2) is 59.4 Å². The Morgan fingerprint density at radius 2 is 2.03 bits per heavy atom. The van der Waals surface area contributed by atoms with Crippen LogP contribution in [0.3, 0.4) is 0 Å². The summed E-state index contributed by atoms with van der Waals surface area (Å²) >= 11 is 1.73. The predicted molar refractivity (Wildman–Crippen MR) is 141 cm³/mol. The fourth-order valence-electron chi connectivity index (χ4n) is 4.44. The second kappa shape index (κ2) is 10.1. The van der Waals surface area contributed by atoms with Gasteiger partial charge in [-0.05, 0) is 37.8 Å². The van der Waals surface area contributed by atoms with Gasteiger partial charge in [0.05, 0.1) is 17.9 Å². The number of thioether (sulfide) groups is 1. The summed E-state index contributed by atoms with van der Waals surface area (Å²) in [6, 6.07) is 3.62. The fraction of sp³-hybridized carbons (Fsp3) is 0.522. The Balaban J connectivity index is 1.23. The fourth-order valence-corrected chi connectivity index (χ4v) is 6.26. The number of H-pyrrole nitrogens is 1. The average Bonchev–Trinajstić information content (AvgIpc) is 3.57. The molecule has 5 rings (SSSR count). The van der Waals surface area contributed by atoms with Gasteiger partial charge < -0.3 is 15.0 Å². The molecule has 0 aliphatic heterocycles. The molecule has 0 atom stereocenters. The van der Waals surface area contributed by atoms with Crippen molar-refractivity contribution in [3.05, 3.63) is 31.0 Å².